The van der Waals surface area contributed by atoms with Crippen molar-refractivity contribution in [1.82, 2.24) is 0 Å². The topological polar surface area (TPSA) is 26.3 Å². The van der Waals surface area contributed by atoms with Crippen molar-refractivity contribution >= 4 is 85.6 Å². The molecule has 7 heteroatoms. The van der Waals surface area contributed by atoms with E-state index in [1.54, 1.807) is 6.92 Å². The number of ether oxygens (including phenoxy) is 1. The molecule has 0 aliphatic heterocycles. The lowest BCUT2D eigenvalue weighted by Gasteiger charge is -2.13. The molecule has 0 unspecified atom stereocenters. The minimum Gasteiger partial charge on any atom is -0.466 e. The van der Waals surface area contributed by atoms with Gasteiger partial charge in [0, 0.05) is 22.4 Å². The molecule has 0 bridgehead atoms. The molecule has 94 valence electrons. The number of esters is 1. The molecule has 0 N–H and O–H groups in total. The van der Waals surface area contributed by atoms with Crippen LogP contribution in [-0.4, -0.2) is 12.6 Å². The van der Waals surface area contributed by atoms with E-state index in [-0.39, 0.29) is 12.4 Å². The van der Waals surface area contributed by atoms with E-state index < -0.39 is 0 Å². The predicted molar refractivity (Wildman–Crippen MR) is 85.3 cm³/mol. The largest absolute Gasteiger partial charge is 0.466 e. The highest BCUT2D eigenvalue weighted by Crippen LogP contribution is 2.44. The van der Waals surface area contributed by atoms with Crippen LogP contribution in [0.15, 0.2) is 22.4 Å². The maximum Gasteiger partial charge on any atom is 0.310 e. The molecule has 0 heterocycles. The summed E-state index contributed by atoms with van der Waals surface area (Å²) < 4.78 is 9.18. The zero-order valence-corrected chi connectivity index (χ0v) is 16.6. The SMILES string of the molecule is CCOC(=O)Cc1c(Br)c(Br)c(Br)c(Br)c1Br. The van der Waals surface area contributed by atoms with Crippen molar-refractivity contribution in [3.8, 4) is 0 Å². The van der Waals surface area contributed by atoms with Gasteiger partial charge in [-0.3, -0.25) is 4.79 Å². The van der Waals surface area contributed by atoms with Gasteiger partial charge in [-0.1, -0.05) is 0 Å². The summed E-state index contributed by atoms with van der Waals surface area (Å²) in [4.78, 5) is 11.5. The Balaban J connectivity index is 3.20. The molecule has 0 amide bonds. The van der Waals surface area contributed by atoms with Gasteiger partial charge in [0.2, 0.25) is 0 Å². The number of rotatable bonds is 3. The highest BCUT2D eigenvalue weighted by molar-refractivity contribution is 9.15. The highest BCUT2D eigenvalue weighted by Gasteiger charge is 2.19. The van der Waals surface area contributed by atoms with E-state index in [1.165, 1.54) is 0 Å². The molecule has 0 atom stereocenters. The van der Waals surface area contributed by atoms with Crippen molar-refractivity contribution in [2.45, 2.75) is 13.3 Å². The third-order valence-electron chi connectivity index (χ3n) is 1.93. The van der Waals surface area contributed by atoms with Crippen LogP contribution < -0.4 is 0 Å². The average molecular weight is 559 g/mol. The molecule has 0 spiro atoms. The molecule has 0 saturated carbocycles. The molecule has 0 aliphatic rings. The molecule has 1 aromatic carbocycles. The Labute approximate surface area is 142 Å². The van der Waals surface area contributed by atoms with Crippen molar-refractivity contribution in [2.24, 2.45) is 0 Å². The fourth-order valence-corrected chi connectivity index (χ4v) is 4.57. The summed E-state index contributed by atoms with van der Waals surface area (Å²) in [6.45, 7) is 2.17. The van der Waals surface area contributed by atoms with Crippen LogP contribution in [-0.2, 0) is 16.0 Å². The van der Waals surface area contributed by atoms with Crippen molar-refractivity contribution in [1.29, 1.82) is 0 Å². The Bertz CT molecular complexity index is 429. The van der Waals surface area contributed by atoms with Crippen LogP contribution in [0.1, 0.15) is 12.5 Å². The molecule has 0 fully saturated rings. The maximum atomic E-state index is 11.5. The molecule has 1 aromatic rings. The third-order valence-corrected chi connectivity index (χ3v) is 8.18. The van der Waals surface area contributed by atoms with Gasteiger partial charge in [-0.15, -0.1) is 0 Å². The van der Waals surface area contributed by atoms with Crippen LogP contribution in [0.2, 0.25) is 0 Å². The molecular formula is C10H7Br5O2. The molecule has 0 saturated heterocycles. The van der Waals surface area contributed by atoms with Crippen LogP contribution in [0.25, 0.3) is 0 Å². The Morgan fingerprint density at radius 1 is 0.941 bits per heavy atom. The van der Waals surface area contributed by atoms with Gasteiger partial charge in [0.15, 0.2) is 0 Å². The predicted octanol–water partition coefficient (Wildman–Crippen LogP) is 5.60. The maximum absolute atomic E-state index is 11.5. The fourth-order valence-electron chi connectivity index (χ4n) is 1.16. The van der Waals surface area contributed by atoms with E-state index in [2.05, 4.69) is 79.6 Å². The summed E-state index contributed by atoms with van der Waals surface area (Å²) in [7, 11) is 0. The molecular weight excluding hydrogens is 552 g/mol. The highest BCUT2D eigenvalue weighted by atomic mass is 79.9. The first-order chi connectivity index (χ1) is 7.90. The van der Waals surface area contributed by atoms with E-state index in [0.29, 0.717) is 6.61 Å². The second-order valence-corrected chi connectivity index (χ2v) is 7.00. The van der Waals surface area contributed by atoms with Crippen molar-refractivity contribution in [2.75, 3.05) is 6.61 Å². The minimum atomic E-state index is -0.255. The lowest BCUT2D eigenvalue weighted by atomic mass is 10.1. The summed E-state index contributed by atoms with van der Waals surface area (Å²) in [6.07, 6.45) is 0.208. The Kier molecular flexibility index (Phi) is 6.67. The molecule has 2 nitrogen and oxygen atoms in total. The van der Waals surface area contributed by atoms with Gasteiger partial charge >= 0.3 is 5.97 Å². The van der Waals surface area contributed by atoms with Crippen LogP contribution >= 0.6 is 79.6 Å². The van der Waals surface area contributed by atoms with E-state index >= 15 is 0 Å². The summed E-state index contributed by atoms with van der Waals surface area (Å²) in [5.74, 6) is -0.255. The molecule has 17 heavy (non-hydrogen) atoms. The Morgan fingerprint density at radius 2 is 1.35 bits per heavy atom. The smallest absolute Gasteiger partial charge is 0.310 e. The molecule has 0 radical (unpaired) electrons. The lowest BCUT2D eigenvalue weighted by Crippen LogP contribution is -2.09. The first kappa shape index (κ1) is 16.1. The lowest BCUT2D eigenvalue weighted by molar-refractivity contribution is -0.142. The minimum absolute atomic E-state index is 0.208. The normalized spacial score (nSPS) is 10.5. The van der Waals surface area contributed by atoms with Crippen molar-refractivity contribution in [3.05, 3.63) is 27.9 Å². The monoisotopic (exact) mass is 554 g/mol. The van der Waals surface area contributed by atoms with Crippen molar-refractivity contribution in [3.63, 3.8) is 0 Å². The molecule has 0 aliphatic carbocycles. The Hall–Kier alpha value is 1.09. The van der Waals surface area contributed by atoms with Gasteiger partial charge in [-0.25, -0.2) is 0 Å². The summed E-state index contributed by atoms with van der Waals surface area (Å²) in [6, 6.07) is 0. The number of halogens is 5. The van der Waals surface area contributed by atoms with Gasteiger partial charge in [-0.2, -0.15) is 0 Å². The van der Waals surface area contributed by atoms with Crippen LogP contribution in [0.5, 0.6) is 0 Å². The molecule has 1 rings (SSSR count). The zero-order valence-electron chi connectivity index (χ0n) is 8.62. The summed E-state index contributed by atoms with van der Waals surface area (Å²) in [5.41, 5.74) is 0.838. The average Bonchev–Trinajstić information content (AvgIpc) is 2.30. The first-order valence-corrected chi connectivity index (χ1v) is 8.52. The number of carbonyl (C=O) groups excluding carboxylic acids is 1. The third kappa shape index (κ3) is 3.78. The van der Waals surface area contributed by atoms with Gasteiger partial charge in [0.25, 0.3) is 0 Å². The van der Waals surface area contributed by atoms with Crippen molar-refractivity contribution < 1.29 is 9.53 Å². The first-order valence-electron chi connectivity index (χ1n) is 4.56. The number of hydrogen-bond donors (Lipinski definition) is 0. The van der Waals surface area contributed by atoms with Gasteiger partial charge < -0.3 is 4.74 Å². The number of hydrogen-bond acceptors (Lipinski definition) is 2. The molecule has 0 aromatic heterocycles. The second-order valence-electron chi connectivity index (χ2n) is 3.03. The van der Waals surface area contributed by atoms with E-state index in [1.807, 2.05) is 0 Å². The second kappa shape index (κ2) is 7.03. The number of carbonyl (C=O) groups is 1. The summed E-state index contributed by atoms with van der Waals surface area (Å²) in [5, 5.41) is 0. The van der Waals surface area contributed by atoms with E-state index in [0.717, 1.165) is 27.9 Å². The quantitative estimate of drug-likeness (QED) is 0.274. The standard InChI is InChI=1S/C10H7Br5O2/c1-2-17-5(16)3-4-6(11)8(13)10(15)9(14)7(4)12/h2-3H2,1H3. The van der Waals surface area contributed by atoms with Crippen LogP contribution in [0.3, 0.4) is 0 Å². The van der Waals surface area contributed by atoms with Crippen LogP contribution in [0.4, 0.5) is 0 Å². The summed E-state index contributed by atoms with van der Waals surface area (Å²) >= 11 is 17.3. The fraction of sp³-hybridized carbons (Fsp3) is 0.300. The van der Waals surface area contributed by atoms with Crippen LogP contribution in [0, 0.1) is 0 Å². The van der Waals surface area contributed by atoms with E-state index in [4.69, 9.17) is 4.74 Å². The van der Waals surface area contributed by atoms with Gasteiger partial charge in [-0.05, 0) is 92.1 Å². The zero-order chi connectivity index (χ0) is 13.2. The van der Waals surface area contributed by atoms with E-state index in [9.17, 15) is 4.79 Å². The Morgan fingerprint density at radius 3 is 1.76 bits per heavy atom. The van der Waals surface area contributed by atoms with Gasteiger partial charge in [0.1, 0.15) is 0 Å². The number of benzene rings is 1. The van der Waals surface area contributed by atoms with Gasteiger partial charge in [0.05, 0.1) is 13.0 Å².